The number of benzene rings is 2. The van der Waals surface area contributed by atoms with Gasteiger partial charge in [-0.2, -0.15) is 0 Å². The normalized spacial score (nSPS) is 16.4. The Morgan fingerprint density at radius 2 is 2.09 bits per heavy atom. The third kappa shape index (κ3) is 4.06. The van der Waals surface area contributed by atoms with E-state index in [4.69, 9.17) is 4.74 Å². The summed E-state index contributed by atoms with van der Waals surface area (Å²) in [5.74, 6) is -0.159. The fourth-order valence-corrected chi connectivity index (χ4v) is 2.94. The Bertz CT molecular complexity index is 744. The molecule has 1 heterocycles. The van der Waals surface area contributed by atoms with E-state index in [0.29, 0.717) is 6.42 Å². The van der Waals surface area contributed by atoms with Crippen molar-refractivity contribution < 1.29 is 9.53 Å². The van der Waals surface area contributed by atoms with Gasteiger partial charge in [0.25, 0.3) is 0 Å². The van der Waals surface area contributed by atoms with E-state index in [9.17, 15) is 4.79 Å². The second-order valence-corrected chi connectivity index (χ2v) is 6.38. The fourth-order valence-electron chi connectivity index (χ4n) is 2.56. The number of amides is 1. The molecule has 2 aromatic carbocycles. The Kier molecular flexibility index (Phi) is 4.88. The molecule has 1 unspecified atom stereocenters. The minimum absolute atomic E-state index is 0.0127. The van der Waals surface area contributed by atoms with Gasteiger partial charge < -0.3 is 10.1 Å². The molecule has 1 aliphatic heterocycles. The molecular formula is C18H17BrN2O2. The number of aliphatic imine (C=N–C) groups is 1. The summed E-state index contributed by atoms with van der Waals surface area (Å²) in [6, 6.07) is 15.3. The van der Waals surface area contributed by atoms with E-state index in [1.165, 1.54) is 0 Å². The predicted octanol–water partition coefficient (Wildman–Crippen LogP) is 4.64. The molecule has 23 heavy (non-hydrogen) atoms. The first-order chi connectivity index (χ1) is 11.1. The molecule has 0 aromatic heterocycles. The molecule has 1 aliphatic rings. The first kappa shape index (κ1) is 15.9. The van der Waals surface area contributed by atoms with Crippen molar-refractivity contribution in [3.05, 3.63) is 58.6 Å². The van der Waals surface area contributed by atoms with Crippen molar-refractivity contribution in [1.82, 2.24) is 0 Å². The van der Waals surface area contributed by atoms with Crippen LogP contribution in [0.25, 0.3) is 0 Å². The third-order valence-corrected chi connectivity index (χ3v) is 4.09. The van der Waals surface area contributed by atoms with Crippen molar-refractivity contribution in [3.63, 3.8) is 0 Å². The molecule has 3 rings (SSSR count). The standard InChI is InChI=1S/C18H17BrN2O2/c1-12-9-17(15-10-13(19)7-8-16(15)20-12)23-11-18(22)21-14-5-3-2-4-6-14/h2-8,10,17H,9,11H2,1H3,(H,21,22). The number of hydrogen-bond acceptors (Lipinski definition) is 3. The molecule has 0 radical (unpaired) electrons. The van der Waals surface area contributed by atoms with E-state index in [1.54, 1.807) is 0 Å². The van der Waals surface area contributed by atoms with E-state index in [2.05, 4.69) is 26.2 Å². The summed E-state index contributed by atoms with van der Waals surface area (Å²) in [7, 11) is 0. The third-order valence-electron chi connectivity index (χ3n) is 3.60. The van der Waals surface area contributed by atoms with Crippen LogP contribution in [0.2, 0.25) is 0 Å². The van der Waals surface area contributed by atoms with Crippen LogP contribution in [0.15, 0.2) is 58.0 Å². The zero-order valence-corrected chi connectivity index (χ0v) is 14.3. The molecule has 2 aromatic rings. The Balaban J connectivity index is 1.66. The van der Waals surface area contributed by atoms with Crippen molar-refractivity contribution in [2.45, 2.75) is 19.4 Å². The van der Waals surface area contributed by atoms with E-state index >= 15 is 0 Å². The first-order valence-corrected chi connectivity index (χ1v) is 8.21. The first-order valence-electron chi connectivity index (χ1n) is 7.42. The Morgan fingerprint density at radius 3 is 2.87 bits per heavy atom. The van der Waals surface area contributed by atoms with E-state index in [1.807, 2.05) is 55.5 Å². The summed E-state index contributed by atoms with van der Waals surface area (Å²) in [6.07, 6.45) is 0.545. The van der Waals surface area contributed by atoms with Crippen LogP contribution in [0.4, 0.5) is 11.4 Å². The smallest absolute Gasteiger partial charge is 0.250 e. The van der Waals surface area contributed by atoms with Crippen LogP contribution in [0.3, 0.4) is 0 Å². The lowest BCUT2D eigenvalue weighted by Crippen LogP contribution is -2.22. The monoisotopic (exact) mass is 372 g/mol. The number of halogens is 1. The second-order valence-electron chi connectivity index (χ2n) is 5.47. The lowest BCUT2D eigenvalue weighted by molar-refractivity contribution is -0.122. The molecule has 4 nitrogen and oxygen atoms in total. The van der Waals surface area contributed by atoms with Gasteiger partial charge in [0.1, 0.15) is 6.61 Å². The van der Waals surface area contributed by atoms with E-state index in [0.717, 1.165) is 27.1 Å². The minimum atomic E-state index is -0.159. The zero-order chi connectivity index (χ0) is 16.2. The van der Waals surface area contributed by atoms with Crippen LogP contribution in [-0.4, -0.2) is 18.2 Å². The van der Waals surface area contributed by atoms with Gasteiger partial charge in [0.05, 0.1) is 11.8 Å². The number of nitrogens with one attached hydrogen (secondary N) is 1. The molecule has 5 heteroatoms. The lowest BCUT2D eigenvalue weighted by Gasteiger charge is -2.24. The van der Waals surface area contributed by atoms with Crippen LogP contribution >= 0.6 is 15.9 Å². The van der Waals surface area contributed by atoms with Crippen LogP contribution in [0.5, 0.6) is 0 Å². The van der Waals surface area contributed by atoms with Gasteiger partial charge in [-0.15, -0.1) is 0 Å². The van der Waals surface area contributed by atoms with Crippen LogP contribution < -0.4 is 5.32 Å². The Labute approximate surface area is 143 Å². The molecule has 1 amide bonds. The molecule has 0 aliphatic carbocycles. The average Bonchev–Trinajstić information content (AvgIpc) is 2.54. The zero-order valence-electron chi connectivity index (χ0n) is 12.8. The van der Waals surface area contributed by atoms with Crippen LogP contribution in [0.1, 0.15) is 25.0 Å². The van der Waals surface area contributed by atoms with Crippen molar-refractivity contribution in [2.24, 2.45) is 4.99 Å². The fraction of sp³-hybridized carbons (Fsp3) is 0.222. The van der Waals surface area contributed by atoms with Gasteiger partial charge in [-0.3, -0.25) is 9.79 Å². The van der Waals surface area contributed by atoms with Crippen molar-refractivity contribution in [2.75, 3.05) is 11.9 Å². The maximum atomic E-state index is 12.0. The van der Waals surface area contributed by atoms with Gasteiger partial charge in [-0.05, 0) is 37.3 Å². The maximum absolute atomic E-state index is 12.0. The topological polar surface area (TPSA) is 50.7 Å². The summed E-state index contributed by atoms with van der Waals surface area (Å²) < 4.78 is 6.84. The van der Waals surface area contributed by atoms with E-state index < -0.39 is 0 Å². The number of nitrogens with zero attached hydrogens (tertiary/aromatic N) is 1. The number of rotatable bonds is 4. The molecule has 0 saturated heterocycles. The molecule has 0 fully saturated rings. The van der Waals surface area contributed by atoms with Crippen molar-refractivity contribution >= 4 is 38.9 Å². The highest BCUT2D eigenvalue weighted by Gasteiger charge is 2.22. The average molecular weight is 373 g/mol. The van der Waals surface area contributed by atoms with Crippen molar-refractivity contribution in [1.29, 1.82) is 0 Å². The van der Waals surface area contributed by atoms with Crippen molar-refractivity contribution in [3.8, 4) is 0 Å². The Hall–Kier alpha value is -1.98. The number of carbonyl (C=O) groups excluding carboxylic acids is 1. The molecular weight excluding hydrogens is 356 g/mol. The summed E-state index contributed by atoms with van der Waals surface area (Å²) in [5.41, 5.74) is 3.70. The van der Waals surface area contributed by atoms with Gasteiger partial charge in [-0.1, -0.05) is 34.1 Å². The summed E-state index contributed by atoms with van der Waals surface area (Å²) >= 11 is 3.47. The lowest BCUT2D eigenvalue weighted by atomic mass is 9.99. The number of carbonyl (C=O) groups is 1. The highest BCUT2D eigenvalue weighted by molar-refractivity contribution is 9.10. The van der Waals surface area contributed by atoms with Crippen LogP contribution in [0, 0.1) is 0 Å². The Morgan fingerprint density at radius 1 is 1.30 bits per heavy atom. The number of para-hydroxylation sites is 1. The number of hydrogen-bond donors (Lipinski definition) is 1. The van der Waals surface area contributed by atoms with Gasteiger partial charge in [0, 0.05) is 27.9 Å². The van der Waals surface area contributed by atoms with E-state index in [-0.39, 0.29) is 18.6 Å². The quantitative estimate of drug-likeness (QED) is 0.849. The molecule has 1 N–H and O–H groups in total. The second kappa shape index (κ2) is 7.06. The summed E-state index contributed by atoms with van der Waals surface area (Å²) in [6.45, 7) is 1.99. The highest BCUT2D eigenvalue weighted by atomic mass is 79.9. The number of fused-ring (bicyclic) bond motifs is 1. The molecule has 0 bridgehead atoms. The highest BCUT2D eigenvalue weighted by Crippen LogP contribution is 2.37. The number of ether oxygens (including phenoxy) is 1. The van der Waals surface area contributed by atoms with Gasteiger partial charge in [0.2, 0.25) is 5.91 Å². The SMILES string of the molecule is CC1=Nc2ccc(Br)cc2C(OCC(=O)Nc2ccccc2)C1. The molecule has 0 saturated carbocycles. The molecule has 0 spiro atoms. The van der Waals surface area contributed by atoms with Gasteiger partial charge in [0.15, 0.2) is 0 Å². The molecule has 118 valence electrons. The van der Waals surface area contributed by atoms with Gasteiger partial charge in [-0.25, -0.2) is 0 Å². The summed E-state index contributed by atoms with van der Waals surface area (Å²) in [5, 5.41) is 2.82. The maximum Gasteiger partial charge on any atom is 0.250 e. The van der Waals surface area contributed by atoms with Crippen LogP contribution in [-0.2, 0) is 9.53 Å². The predicted molar refractivity (Wildman–Crippen MR) is 95.3 cm³/mol. The summed E-state index contributed by atoms with van der Waals surface area (Å²) in [4.78, 5) is 16.6. The molecule has 1 atom stereocenters. The minimum Gasteiger partial charge on any atom is -0.363 e. The largest absolute Gasteiger partial charge is 0.363 e. The van der Waals surface area contributed by atoms with Gasteiger partial charge >= 0.3 is 0 Å². The number of anilines is 1.